The van der Waals surface area contributed by atoms with Gasteiger partial charge in [-0.2, -0.15) is 0 Å². The Balaban J connectivity index is 2.01. The summed E-state index contributed by atoms with van der Waals surface area (Å²) in [6.45, 7) is 10.0. The van der Waals surface area contributed by atoms with Crippen molar-refractivity contribution in [2.75, 3.05) is 32.8 Å². The summed E-state index contributed by atoms with van der Waals surface area (Å²) >= 11 is 0. The third-order valence-electron chi connectivity index (χ3n) is 3.35. The molecule has 0 unspecified atom stereocenters. The van der Waals surface area contributed by atoms with Gasteiger partial charge in [0.2, 0.25) is 0 Å². The van der Waals surface area contributed by atoms with Gasteiger partial charge in [-0.25, -0.2) is 0 Å². The number of nitrogens with zero attached hydrogens (tertiary/aromatic N) is 1. The molecule has 2 nitrogen and oxygen atoms in total. The molecule has 0 aromatic rings. The predicted molar refractivity (Wildman–Crippen MR) is 60.6 cm³/mol. The molecule has 1 fully saturated rings. The van der Waals surface area contributed by atoms with Crippen LogP contribution in [0.15, 0.2) is 0 Å². The maximum Gasteiger partial charge on any atom is 0.0594 e. The van der Waals surface area contributed by atoms with Crippen molar-refractivity contribution in [1.82, 2.24) is 4.90 Å². The van der Waals surface area contributed by atoms with Gasteiger partial charge in [0.15, 0.2) is 0 Å². The molecule has 1 aliphatic heterocycles. The van der Waals surface area contributed by atoms with Gasteiger partial charge in [-0.05, 0) is 25.3 Å². The highest BCUT2D eigenvalue weighted by Crippen LogP contribution is 2.15. The summed E-state index contributed by atoms with van der Waals surface area (Å²) in [4.78, 5) is 2.53. The van der Waals surface area contributed by atoms with Crippen LogP contribution in [0.2, 0.25) is 0 Å². The van der Waals surface area contributed by atoms with Gasteiger partial charge in [-0.15, -0.1) is 0 Å². The zero-order valence-electron chi connectivity index (χ0n) is 9.80. The Morgan fingerprint density at radius 1 is 1.14 bits per heavy atom. The molecule has 1 saturated heterocycles. The van der Waals surface area contributed by atoms with E-state index in [-0.39, 0.29) is 0 Å². The molecular weight excluding hydrogens is 174 g/mol. The van der Waals surface area contributed by atoms with E-state index in [0.29, 0.717) is 0 Å². The van der Waals surface area contributed by atoms with E-state index in [0.717, 1.165) is 32.2 Å². The SMILES string of the molecule is CCC(CC)CCCN1CCOCC1. The van der Waals surface area contributed by atoms with Crippen LogP contribution in [-0.2, 0) is 4.74 Å². The molecule has 1 aliphatic rings. The van der Waals surface area contributed by atoms with Gasteiger partial charge >= 0.3 is 0 Å². The van der Waals surface area contributed by atoms with Gasteiger partial charge < -0.3 is 4.74 Å². The second-order valence-electron chi connectivity index (χ2n) is 4.28. The second kappa shape index (κ2) is 7.24. The first-order valence-electron chi connectivity index (χ1n) is 6.16. The maximum atomic E-state index is 5.33. The number of rotatable bonds is 6. The lowest BCUT2D eigenvalue weighted by molar-refractivity contribution is 0.0366. The molecule has 0 amide bonds. The topological polar surface area (TPSA) is 12.5 Å². The zero-order valence-corrected chi connectivity index (χ0v) is 9.80. The van der Waals surface area contributed by atoms with Crippen LogP contribution < -0.4 is 0 Å². The van der Waals surface area contributed by atoms with Crippen molar-refractivity contribution in [3.63, 3.8) is 0 Å². The van der Waals surface area contributed by atoms with Crippen LogP contribution in [0.1, 0.15) is 39.5 Å². The molecule has 84 valence electrons. The Bertz CT molecular complexity index is 128. The lowest BCUT2D eigenvalue weighted by atomic mass is 9.97. The molecule has 0 saturated carbocycles. The molecule has 2 heteroatoms. The number of hydrogen-bond acceptors (Lipinski definition) is 2. The van der Waals surface area contributed by atoms with Gasteiger partial charge in [0.25, 0.3) is 0 Å². The summed E-state index contributed by atoms with van der Waals surface area (Å²) in [7, 11) is 0. The Hall–Kier alpha value is -0.0800. The molecule has 0 N–H and O–H groups in total. The molecule has 0 aliphatic carbocycles. The van der Waals surface area contributed by atoms with Crippen molar-refractivity contribution < 1.29 is 4.74 Å². The van der Waals surface area contributed by atoms with E-state index in [1.54, 1.807) is 0 Å². The van der Waals surface area contributed by atoms with E-state index in [2.05, 4.69) is 18.7 Å². The summed E-state index contributed by atoms with van der Waals surface area (Å²) in [6.07, 6.45) is 5.47. The van der Waals surface area contributed by atoms with Crippen molar-refractivity contribution in [3.05, 3.63) is 0 Å². The predicted octanol–water partition coefficient (Wildman–Crippen LogP) is 2.54. The molecule has 14 heavy (non-hydrogen) atoms. The van der Waals surface area contributed by atoms with Crippen LogP contribution in [0.4, 0.5) is 0 Å². The Labute approximate surface area is 88.6 Å². The third-order valence-corrected chi connectivity index (χ3v) is 3.35. The smallest absolute Gasteiger partial charge is 0.0594 e. The quantitative estimate of drug-likeness (QED) is 0.652. The highest BCUT2D eigenvalue weighted by Gasteiger charge is 2.10. The fourth-order valence-corrected chi connectivity index (χ4v) is 2.13. The average molecular weight is 199 g/mol. The van der Waals surface area contributed by atoms with Gasteiger partial charge in [0.05, 0.1) is 13.2 Å². The van der Waals surface area contributed by atoms with Crippen molar-refractivity contribution in [2.45, 2.75) is 39.5 Å². The maximum absolute atomic E-state index is 5.33. The molecular formula is C12H25NO. The first kappa shape index (κ1) is 12.0. The highest BCUT2D eigenvalue weighted by atomic mass is 16.5. The highest BCUT2D eigenvalue weighted by molar-refractivity contribution is 4.63. The Morgan fingerprint density at radius 3 is 2.36 bits per heavy atom. The van der Waals surface area contributed by atoms with Crippen LogP contribution in [0.25, 0.3) is 0 Å². The molecule has 1 rings (SSSR count). The minimum Gasteiger partial charge on any atom is -0.379 e. The summed E-state index contributed by atoms with van der Waals surface area (Å²) in [6, 6.07) is 0. The molecule has 0 atom stereocenters. The fourth-order valence-electron chi connectivity index (χ4n) is 2.13. The van der Waals surface area contributed by atoms with Crippen molar-refractivity contribution >= 4 is 0 Å². The summed E-state index contributed by atoms with van der Waals surface area (Å²) in [5.41, 5.74) is 0. The number of hydrogen-bond donors (Lipinski definition) is 0. The summed E-state index contributed by atoms with van der Waals surface area (Å²) in [5, 5.41) is 0. The largest absolute Gasteiger partial charge is 0.379 e. The summed E-state index contributed by atoms with van der Waals surface area (Å²) < 4.78 is 5.33. The van der Waals surface area contributed by atoms with Gasteiger partial charge in [-0.3, -0.25) is 4.90 Å². The van der Waals surface area contributed by atoms with Crippen molar-refractivity contribution in [2.24, 2.45) is 5.92 Å². The van der Waals surface area contributed by atoms with Gasteiger partial charge in [0, 0.05) is 13.1 Å². The Morgan fingerprint density at radius 2 is 1.79 bits per heavy atom. The third kappa shape index (κ3) is 4.43. The van der Waals surface area contributed by atoms with E-state index in [1.807, 2.05) is 0 Å². The molecule has 0 radical (unpaired) electrons. The number of morpholine rings is 1. The first-order chi connectivity index (χ1) is 6.86. The monoisotopic (exact) mass is 199 g/mol. The molecule has 0 spiro atoms. The summed E-state index contributed by atoms with van der Waals surface area (Å²) in [5.74, 6) is 0.955. The second-order valence-corrected chi connectivity index (χ2v) is 4.28. The van der Waals surface area contributed by atoms with Crippen molar-refractivity contribution in [1.29, 1.82) is 0 Å². The first-order valence-corrected chi connectivity index (χ1v) is 6.16. The van der Waals surface area contributed by atoms with E-state index in [4.69, 9.17) is 4.74 Å². The molecule has 0 aromatic carbocycles. The standard InChI is InChI=1S/C12H25NO/c1-3-12(4-2)6-5-7-13-8-10-14-11-9-13/h12H,3-11H2,1-2H3. The average Bonchev–Trinajstić information content (AvgIpc) is 2.26. The van der Waals surface area contributed by atoms with E-state index < -0.39 is 0 Å². The van der Waals surface area contributed by atoms with Gasteiger partial charge in [-0.1, -0.05) is 26.7 Å². The van der Waals surface area contributed by atoms with Crippen LogP contribution in [0, 0.1) is 5.92 Å². The van der Waals surface area contributed by atoms with Crippen LogP contribution in [-0.4, -0.2) is 37.7 Å². The normalized spacial score (nSPS) is 19.1. The fraction of sp³-hybridized carbons (Fsp3) is 1.00. The van der Waals surface area contributed by atoms with E-state index in [1.165, 1.54) is 32.2 Å². The lowest BCUT2D eigenvalue weighted by Crippen LogP contribution is -2.36. The van der Waals surface area contributed by atoms with Crippen LogP contribution >= 0.6 is 0 Å². The van der Waals surface area contributed by atoms with E-state index >= 15 is 0 Å². The minimum absolute atomic E-state index is 0.936. The van der Waals surface area contributed by atoms with E-state index in [9.17, 15) is 0 Å². The molecule has 0 bridgehead atoms. The van der Waals surface area contributed by atoms with Gasteiger partial charge in [0.1, 0.15) is 0 Å². The molecule has 1 heterocycles. The molecule has 0 aromatic heterocycles. The van der Waals surface area contributed by atoms with Crippen LogP contribution in [0.5, 0.6) is 0 Å². The lowest BCUT2D eigenvalue weighted by Gasteiger charge is -2.27. The van der Waals surface area contributed by atoms with Crippen molar-refractivity contribution in [3.8, 4) is 0 Å². The Kier molecular flexibility index (Phi) is 6.20. The number of ether oxygens (including phenoxy) is 1. The van der Waals surface area contributed by atoms with Crippen LogP contribution in [0.3, 0.4) is 0 Å². The minimum atomic E-state index is 0.936. The zero-order chi connectivity index (χ0) is 10.2.